The number of ether oxygens (including phenoxy) is 1. The van der Waals surface area contributed by atoms with Crippen LogP contribution in [0.2, 0.25) is 0 Å². The van der Waals surface area contributed by atoms with Crippen molar-refractivity contribution in [3.63, 3.8) is 0 Å². The van der Waals surface area contributed by atoms with Crippen molar-refractivity contribution in [1.29, 1.82) is 0 Å². The van der Waals surface area contributed by atoms with Gasteiger partial charge in [-0.25, -0.2) is 4.79 Å². The highest BCUT2D eigenvalue weighted by atomic mass is 19.4. The van der Waals surface area contributed by atoms with E-state index in [0.717, 1.165) is 21.6 Å². The van der Waals surface area contributed by atoms with Crippen LogP contribution in [0.15, 0.2) is 78.9 Å². The average molecular weight is 499 g/mol. The number of amides is 2. The number of benzene rings is 3. The van der Waals surface area contributed by atoms with Gasteiger partial charge in [0.2, 0.25) is 6.10 Å². The van der Waals surface area contributed by atoms with E-state index in [9.17, 15) is 27.9 Å². The Morgan fingerprint density at radius 1 is 0.861 bits per heavy atom. The lowest BCUT2D eigenvalue weighted by Crippen LogP contribution is -2.44. The zero-order valence-electron chi connectivity index (χ0n) is 19.3. The first-order valence-electron chi connectivity index (χ1n) is 11.3. The van der Waals surface area contributed by atoms with E-state index in [1.807, 2.05) is 60.7 Å². The van der Waals surface area contributed by atoms with Gasteiger partial charge in [-0.3, -0.25) is 9.69 Å². The molecule has 6 nitrogen and oxygen atoms in total. The predicted molar refractivity (Wildman–Crippen MR) is 125 cm³/mol. The minimum absolute atomic E-state index is 0.0194. The summed E-state index contributed by atoms with van der Waals surface area (Å²) in [5.74, 6) is -1.38. The van der Waals surface area contributed by atoms with Crippen LogP contribution in [0.4, 0.5) is 18.0 Å². The first kappa shape index (κ1) is 25.2. The quantitative estimate of drug-likeness (QED) is 0.509. The highest BCUT2D eigenvalue weighted by Gasteiger charge is 2.46. The normalized spacial score (nSPS) is 13.7. The van der Waals surface area contributed by atoms with Crippen molar-refractivity contribution in [2.24, 2.45) is 0 Å². The third-order valence-corrected chi connectivity index (χ3v) is 5.90. The van der Waals surface area contributed by atoms with Crippen LogP contribution in [0.5, 0.6) is 0 Å². The number of aliphatic hydroxyl groups excluding tert-OH is 1. The van der Waals surface area contributed by atoms with Gasteiger partial charge in [0.15, 0.2) is 0 Å². The van der Waals surface area contributed by atoms with Gasteiger partial charge in [-0.1, -0.05) is 78.9 Å². The maximum absolute atomic E-state index is 13.0. The molecule has 0 aromatic heterocycles. The number of alkyl halides is 3. The number of aliphatic hydroxyl groups is 1. The number of halogens is 3. The van der Waals surface area contributed by atoms with Crippen LogP contribution in [0.1, 0.15) is 27.8 Å². The summed E-state index contributed by atoms with van der Waals surface area (Å²) in [6.45, 7) is 0.553. The predicted octanol–water partition coefficient (Wildman–Crippen LogP) is 4.79. The molecular formula is C27H25F3N2O4. The molecule has 1 N–H and O–H groups in total. The first-order valence-corrected chi connectivity index (χ1v) is 11.3. The van der Waals surface area contributed by atoms with Crippen LogP contribution in [-0.4, -0.2) is 39.2 Å². The van der Waals surface area contributed by atoms with Crippen LogP contribution in [-0.2, 0) is 42.3 Å². The molecule has 2 amide bonds. The molecule has 36 heavy (non-hydrogen) atoms. The van der Waals surface area contributed by atoms with E-state index in [0.29, 0.717) is 17.7 Å². The first-order chi connectivity index (χ1) is 17.2. The maximum Gasteiger partial charge on any atom is 0.423 e. The van der Waals surface area contributed by atoms with Gasteiger partial charge in [-0.2, -0.15) is 13.2 Å². The van der Waals surface area contributed by atoms with Crippen LogP contribution >= 0.6 is 0 Å². The summed E-state index contributed by atoms with van der Waals surface area (Å²) in [5.41, 5.74) is 3.88. The lowest BCUT2D eigenvalue weighted by molar-refractivity contribution is -0.211. The van der Waals surface area contributed by atoms with E-state index in [-0.39, 0.29) is 26.2 Å². The second-order valence-electron chi connectivity index (χ2n) is 8.62. The molecule has 188 valence electrons. The standard InChI is InChI=1S/C27H25F3N2O4/c28-27(29,30)24(33)25(34)31-16-22-12-11-21(13-23(22)17-31)15-32(14-19-7-3-1-4-8-19)26(35)36-18-20-9-5-2-6-10-20/h1-13,24,33H,14-18H2/t24-/m0/s1. The largest absolute Gasteiger partial charge is 0.445 e. The Morgan fingerprint density at radius 2 is 1.44 bits per heavy atom. The SMILES string of the molecule is O=C(OCc1ccccc1)N(Cc1ccccc1)Cc1ccc2c(c1)CN(C(=O)[C@H](O)C(F)(F)F)C2. The molecule has 1 heterocycles. The zero-order chi connectivity index (χ0) is 25.7. The number of hydrogen-bond acceptors (Lipinski definition) is 4. The zero-order valence-corrected chi connectivity index (χ0v) is 19.3. The molecule has 0 spiro atoms. The molecule has 3 aromatic carbocycles. The van der Waals surface area contributed by atoms with E-state index in [2.05, 4.69) is 0 Å². The van der Waals surface area contributed by atoms with Gasteiger partial charge in [0.25, 0.3) is 5.91 Å². The van der Waals surface area contributed by atoms with E-state index in [1.165, 1.54) is 0 Å². The number of rotatable bonds is 7. The van der Waals surface area contributed by atoms with Crippen LogP contribution in [0, 0.1) is 0 Å². The number of carbonyl (C=O) groups excluding carboxylic acids is 2. The minimum atomic E-state index is -5.02. The van der Waals surface area contributed by atoms with Crippen molar-refractivity contribution in [2.45, 2.75) is 45.1 Å². The third kappa shape index (κ3) is 6.23. The molecule has 0 bridgehead atoms. The minimum Gasteiger partial charge on any atom is -0.445 e. The lowest BCUT2D eigenvalue weighted by atomic mass is 10.1. The summed E-state index contributed by atoms with van der Waals surface area (Å²) < 4.78 is 43.8. The molecule has 1 aliphatic rings. The number of carbonyl (C=O) groups is 2. The Hall–Kier alpha value is -3.85. The van der Waals surface area contributed by atoms with Crippen molar-refractivity contribution in [3.8, 4) is 0 Å². The molecule has 9 heteroatoms. The monoisotopic (exact) mass is 498 g/mol. The van der Waals surface area contributed by atoms with Gasteiger partial charge in [0.1, 0.15) is 6.61 Å². The summed E-state index contributed by atoms with van der Waals surface area (Å²) in [6, 6.07) is 24.0. The second-order valence-corrected chi connectivity index (χ2v) is 8.62. The van der Waals surface area contributed by atoms with Gasteiger partial charge >= 0.3 is 12.3 Å². The fourth-order valence-electron chi connectivity index (χ4n) is 4.03. The molecule has 0 aliphatic carbocycles. The van der Waals surface area contributed by atoms with Crippen molar-refractivity contribution >= 4 is 12.0 Å². The van der Waals surface area contributed by atoms with Crippen molar-refractivity contribution < 1.29 is 32.6 Å². The molecule has 1 aliphatic heterocycles. The molecule has 0 saturated heterocycles. The number of hydrogen-bond donors (Lipinski definition) is 1. The summed E-state index contributed by atoms with van der Waals surface area (Å²) in [4.78, 5) is 27.6. The Bertz CT molecular complexity index is 1200. The highest BCUT2D eigenvalue weighted by molar-refractivity contribution is 5.82. The summed E-state index contributed by atoms with van der Waals surface area (Å²) in [7, 11) is 0. The topological polar surface area (TPSA) is 70.1 Å². The van der Waals surface area contributed by atoms with E-state index in [4.69, 9.17) is 4.74 Å². The molecular weight excluding hydrogens is 473 g/mol. The lowest BCUT2D eigenvalue weighted by Gasteiger charge is -2.23. The van der Waals surface area contributed by atoms with E-state index in [1.54, 1.807) is 23.1 Å². The van der Waals surface area contributed by atoms with Gasteiger partial charge in [-0.05, 0) is 27.8 Å². The molecule has 0 fully saturated rings. The average Bonchev–Trinajstić information content (AvgIpc) is 3.30. The number of nitrogens with zero attached hydrogens (tertiary/aromatic N) is 2. The van der Waals surface area contributed by atoms with Crippen molar-refractivity contribution in [1.82, 2.24) is 9.80 Å². The molecule has 3 aromatic rings. The molecule has 0 saturated carbocycles. The van der Waals surface area contributed by atoms with Crippen molar-refractivity contribution in [2.75, 3.05) is 0 Å². The molecule has 0 radical (unpaired) electrons. The molecule has 0 unspecified atom stereocenters. The Morgan fingerprint density at radius 3 is 2.08 bits per heavy atom. The Kier molecular flexibility index (Phi) is 7.59. The fourth-order valence-corrected chi connectivity index (χ4v) is 4.03. The Labute approximate surface area is 206 Å². The summed E-state index contributed by atoms with van der Waals surface area (Å²) >= 11 is 0. The highest BCUT2D eigenvalue weighted by Crippen LogP contribution is 2.28. The number of fused-ring (bicyclic) bond motifs is 1. The van der Waals surface area contributed by atoms with Gasteiger partial charge < -0.3 is 14.7 Å². The van der Waals surface area contributed by atoms with Crippen LogP contribution in [0.3, 0.4) is 0 Å². The summed E-state index contributed by atoms with van der Waals surface area (Å²) in [6.07, 6.45) is -8.57. The molecule has 4 rings (SSSR count). The second kappa shape index (κ2) is 10.8. The van der Waals surface area contributed by atoms with Crippen LogP contribution < -0.4 is 0 Å². The van der Waals surface area contributed by atoms with E-state index < -0.39 is 24.3 Å². The van der Waals surface area contributed by atoms with Crippen LogP contribution in [0.25, 0.3) is 0 Å². The van der Waals surface area contributed by atoms with Crippen molar-refractivity contribution in [3.05, 3.63) is 107 Å². The van der Waals surface area contributed by atoms with Gasteiger partial charge in [0, 0.05) is 26.2 Å². The molecule has 1 atom stereocenters. The third-order valence-electron chi connectivity index (χ3n) is 5.90. The van der Waals surface area contributed by atoms with E-state index >= 15 is 0 Å². The maximum atomic E-state index is 13.0. The Balaban J connectivity index is 1.47. The summed E-state index contributed by atoms with van der Waals surface area (Å²) in [5, 5.41) is 9.33. The van der Waals surface area contributed by atoms with Gasteiger partial charge in [0.05, 0.1) is 0 Å². The van der Waals surface area contributed by atoms with Gasteiger partial charge in [-0.15, -0.1) is 0 Å². The smallest absolute Gasteiger partial charge is 0.423 e. The fraction of sp³-hybridized carbons (Fsp3) is 0.259.